The Balaban J connectivity index is 0.00000243. The van der Waals surface area contributed by atoms with E-state index in [1.807, 2.05) is 12.1 Å². The van der Waals surface area contributed by atoms with E-state index in [-0.39, 0.29) is 29.6 Å². The number of nitrogens with zero attached hydrogens (tertiary/aromatic N) is 3. The standard InChI is InChI=1S/C17H22ClN5O2.HI/c1-17(7-4-8-24-17)11-21-16(19-2)20-10-14-22-15(23-25-14)12-5-3-6-13(18)9-12;/h3,5-6,9H,4,7-8,10-11H2,1-2H3,(H2,19,20,21);1H. The fourth-order valence-electron chi connectivity index (χ4n) is 2.70. The Kier molecular flexibility index (Phi) is 7.66. The van der Waals surface area contributed by atoms with Crippen LogP contribution in [0.4, 0.5) is 0 Å². The Morgan fingerprint density at radius 1 is 1.38 bits per heavy atom. The Hall–Kier alpha value is -1.39. The average Bonchev–Trinajstić information content (AvgIpc) is 3.25. The molecule has 1 aromatic heterocycles. The monoisotopic (exact) mass is 491 g/mol. The quantitative estimate of drug-likeness (QED) is 0.379. The van der Waals surface area contributed by atoms with Crippen LogP contribution in [-0.4, -0.2) is 41.9 Å². The largest absolute Gasteiger partial charge is 0.373 e. The number of halogens is 2. The summed E-state index contributed by atoms with van der Waals surface area (Å²) < 4.78 is 11.0. The molecule has 0 bridgehead atoms. The SMILES string of the molecule is CN=C(NCc1nc(-c2cccc(Cl)c2)no1)NCC1(C)CCCO1.I. The fourth-order valence-corrected chi connectivity index (χ4v) is 2.89. The smallest absolute Gasteiger partial charge is 0.246 e. The van der Waals surface area contributed by atoms with E-state index in [2.05, 4.69) is 32.7 Å². The maximum atomic E-state index is 5.99. The first-order chi connectivity index (χ1) is 12.1. The average molecular weight is 492 g/mol. The molecule has 1 aromatic carbocycles. The molecule has 2 heterocycles. The first kappa shape index (κ1) is 20.9. The van der Waals surface area contributed by atoms with Crippen molar-refractivity contribution in [1.29, 1.82) is 0 Å². The van der Waals surface area contributed by atoms with Crippen LogP contribution < -0.4 is 10.6 Å². The van der Waals surface area contributed by atoms with Gasteiger partial charge in [0.15, 0.2) is 5.96 Å². The van der Waals surface area contributed by atoms with Crippen molar-refractivity contribution >= 4 is 41.5 Å². The van der Waals surface area contributed by atoms with Gasteiger partial charge in [0.2, 0.25) is 11.7 Å². The molecule has 7 nitrogen and oxygen atoms in total. The first-order valence-corrected chi connectivity index (χ1v) is 8.63. The minimum absolute atomic E-state index is 0. The minimum Gasteiger partial charge on any atom is -0.373 e. The molecular formula is C17H23ClIN5O2. The predicted molar refractivity (Wildman–Crippen MR) is 112 cm³/mol. The van der Waals surface area contributed by atoms with Gasteiger partial charge in [-0.05, 0) is 31.9 Å². The van der Waals surface area contributed by atoms with Gasteiger partial charge in [-0.3, -0.25) is 4.99 Å². The summed E-state index contributed by atoms with van der Waals surface area (Å²) >= 11 is 5.99. The zero-order chi connectivity index (χ0) is 17.7. The maximum Gasteiger partial charge on any atom is 0.246 e. The molecule has 0 amide bonds. The van der Waals surface area contributed by atoms with Gasteiger partial charge in [-0.15, -0.1) is 24.0 Å². The third kappa shape index (κ3) is 5.55. The molecule has 2 N–H and O–H groups in total. The van der Waals surface area contributed by atoms with Crippen LogP contribution >= 0.6 is 35.6 Å². The lowest BCUT2D eigenvalue weighted by Gasteiger charge is -2.24. The second-order valence-corrected chi connectivity index (χ2v) is 6.64. The summed E-state index contributed by atoms with van der Waals surface area (Å²) in [6.45, 7) is 4.00. The van der Waals surface area contributed by atoms with E-state index in [1.54, 1.807) is 19.2 Å². The topological polar surface area (TPSA) is 84.6 Å². The van der Waals surface area contributed by atoms with Crippen LogP contribution in [0.5, 0.6) is 0 Å². The van der Waals surface area contributed by atoms with Crippen molar-refractivity contribution in [2.24, 2.45) is 4.99 Å². The molecule has 1 saturated heterocycles. The summed E-state index contributed by atoms with van der Waals surface area (Å²) in [4.78, 5) is 8.58. The Bertz CT molecular complexity index is 746. The van der Waals surface area contributed by atoms with Crippen molar-refractivity contribution < 1.29 is 9.26 Å². The summed E-state index contributed by atoms with van der Waals surface area (Å²) in [6, 6.07) is 7.34. The summed E-state index contributed by atoms with van der Waals surface area (Å²) in [5, 5.41) is 11.1. The normalized spacial score (nSPS) is 19.9. The van der Waals surface area contributed by atoms with Crippen LogP contribution in [0.25, 0.3) is 11.4 Å². The number of aromatic nitrogens is 2. The zero-order valence-corrected chi connectivity index (χ0v) is 17.9. The van der Waals surface area contributed by atoms with Gasteiger partial charge in [0.25, 0.3) is 0 Å². The lowest BCUT2D eigenvalue weighted by molar-refractivity contribution is 0.0242. The molecule has 1 unspecified atom stereocenters. The van der Waals surface area contributed by atoms with Crippen molar-refractivity contribution in [1.82, 2.24) is 20.8 Å². The Labute approximate surface area is 175 Å². The number of guanidine groups is 1. The molecule has 9 heteroatoms. The van der Waals surface area contributed by atoms with Crippen molar-refractivity contribution in [3.8, 4) is 11.4 Å². The second kappa shape index (κ2) is 9.52. The van der Waals surface area contributed by atoms with E-state index in [0.717, 1.165) is 25.0 Å². The van der Waals surface area contributed by atoms with Crippen molar-refractivity contribution in [2.75, 3.05) is 20.2 Å². The number of benzene rings is 1. The van der Waals surface area contributed by atoms with Crippen molar-refractivity contribution in [3.63, 3.8) is 0 Å². The van der Waals surface area contributed by atoms with Crippen LogP contribution in [0.15, 0.2) is 33.8 Å². The fraction of sp³-hybridized carbons (Fsp3) is 0.471. The number of rotatable bonds is 5. The third-order valence-corrected chi connectivity index (χ3v) is 4.35. The number of ether oxygens (including phenoxy) is 1. The van der Waals surface area contributed by atoms with Gasteiger partial charge in [0.05, 0.1) is 12.1 Å². The van der Waals surface area contributed by atoms with Crippen LogP contribution in [0.1, 0.15) is 25.7 Å². The van der Waals surface area contributed by atoms with Crippen molar-refractivity contribution in [3.05, 3.63) is 35.2 Å². The molecule has 1 aliphatic rings. The summed E-state index contributed by atoms with van der Waals surface area (Å²) in [6.07, 6.45) is 2.14. The minimum atomic E-state index is -0.137. The van der Waals surface area contributed by atoms with Crippen LogP contribution in [0.2, 0.25) is 5.02 Å². The first-order valence-electron chi connectivity index (χ1n) is 8.25. The summed E-state index contributed by atoms with van der Waals surface area (Å²) in [5.74, 6) is 1.65. The highest BCUT2D eigenvalue weighted by Gasteiger charge is 2.29. The predicted octanol–water partition coefficient (Wildman–Crippen LogP) is 3.24. The van der Waals surface area contributed by atoms with E-state index < -0.39 is 0 Å². The van der Waals surface area contributed by atoms with Gasteiger partial charge in [0.1, 0.15) is 0 Å². The summed E-state index contributed by atoms with van der Waals surface area (Å²) in [5.41, 5.74) is 0.679. The van der Waals surface area contributed by atoms with E-state index in [9.17, 15) is 0 Å². The van der Waals surface area contributed by atoms with Gasteiger partial charge >= 0.3 is 0 Å². The van der Waals surface area contributed by atoms with Crippen LogP contribution in [-0.2, 0) is 11.3 Å². The highest BCUT2D eigenvalue weighted by atomic mass is 127. The number of aliphatic imine (C=N–C) groups is 1. The molecule has 0 aliphatic carbocycles. The van der Waals surface area contributed by atoms with Gasteiger partial charge in [-0.1, -0.05) is 28.9 Å². The Morgan fingerprint density at radius 3 is 2.92 bits per heavy atom. The molecule has 142 valence electrons. The van der Waals surface area contributed by atoms with Crippen molar-refractivity contribution in [2.45, 2.75) is 31.9 Å². The number of hydrogen-bond acceptors (Lipinski definition) is 5. The molecular weight excluding hydrogens is 469 g/mol. The molecule has 1 aliphatic heterocycles. The molecule has 2 aromatic rings. The summed E-state index contributed by atoms with van der Waals surface area (Å²) in [7, 11) is 1.72. The van der Waals surface area contributed by atoms with Crippen LogP contribution in [0.3, 0.4) is 0 Å². The van der Waals surface area contributed by atoms with E-state index in [0.29, 0.717) is 35.8 Å². The Morgan fingerprint density at radius 2 is 2.23 bits per heavy atom. The number of nitrogens with one attached hydrogen (secondary N) is 2. The third-order valence-electron chi connectivity index (χ3n) is 4.11. The molecule has 0 saturated carbocycles. The molecule has 3 rings (SSSR count). The van der Waals surface area contributed by atoms with E-state index >= 15 is 0 Å². The highest BCUT2D eigenvalue weighted by molar-refractivity contribution is 14.0. The molecule has 0 radical (unpaired) electrons. The second-order valence-electron chi connectivity index (χ2n) is 6.20. The maximum absolute atomic E-state index is 5.99. The van der Waals surface area contributed by atoms with Crippen LogP contribution in [0, 0.1) is 0 Å². The molecule has 0 spiro atoms. The zero-order valence-electron chi connectivity index (χ0n) is 14.8. The lowest BCUT2D eigenvalue weighted by atomic mass is 10.0. The molecule has 26 heavy (non-hydrogen) atoms. The van der Waals surface area contributed by atoms with E-state index in [4.69, 9.17) is 20.9 Å². The number of hydrogen-bond donors (Lipinski definition) is 2. The molecule has 1 atom stereocenters. The van der Waals surface area contributed by atoms with Gasteiger partial charge in [0, 0.05) is 30.8 Å². The van der Waals surface area contributed by atoms with Gasteiger partial charge in [-0.25, -0.2) is 0 Å². The van der Waals surface area contributed by atoms with Gasteiger partial charge in [-0.2, -0.15) is 4.98 Å². The lowest BCUT2D eigenvalue weighted by Crippen LogP contribution is -2.45. The molecule has 1 fully saturated rings. The van der Waals surface area contributed by atoms with E-state index in [1.165, 1.54) is 0 Å². The highest BCUT2D eigenvalue weighted by Crippen LogP contribution is 2.23. The van der Waals surface area contributed by atoms with Gasteiger partial charge < -0.3 is 19.9 Å².